The lowest BCUT2D eigenvalue weighted by Gasteiger charge is -2.15. The summed E-state index contributed by atoms with van der Waals surface area (Å²) in [6, 6.07) is 11.9. The first-order valence-corrected chi connectivity index (χ1v) is 9.89. The van der Waals surface area contributed by atoms with E-state index in [-0.39, 0.29) is 13.0 Å². The maximum atomic E-state index is 12.2. The number of anilines is 1. The van der Waals surface area contributed by atoms with Crippen LogP contribution < -0.4 is 14.8 Å². The third-order valence-electron chi connectivity index (χ3n) is 4.53. The number of carbonyl (C=O) groups excluding carboxylic acids is 3. The van der Waals surface area contributed by atoms with E-state index in [2.05, 4.69) is 5.32 Å². The van der Waals surface area contributed by atoms with Crippen molar-refractivity contribution >= 4 is 23.7 Å². The first-order valence-electron chi connectivity index (χ1n) is 9.89. The Kier molecular flexibility index (Phi) is 9.34. The van der Waals surface area contributed by atoms with Crippen LogP contribution in [-0.2, 0) is 36.8 Å². The highest BCUT2D eigenvalue weighted by Gasteiger charge is 2.29. The molecule has 0 bridgehead atoms. The van der Waals surface area contributed by atoms with Crippen LogP contribution in [0.25, 0.3) is 0 Å². The molecule has 0 radical (unpaired) electrons. The van der Waals surface area contributed by atoms with Crippen LogP contribution in [-0.4, -0.2) is 46.0 Å². The molecule has 0 fully saturated rings. The van der Waals surface area contributed by atoms with Gasteiger partial charge in [0.05, 0.1) is 27.9 Å². The maximum Gasteiger partial charge on any atom is 0.411 e. The predicted molar refractivity (Wildman–Crippen MR) is 116 cm³/mol. The normalized spacial score (nSPS) is 10.3. The van der Waals surface area contributed by atoms with Crippen molar-refractivity contribution in [1.82, 2.24) is 0 Å². The van der Waals surface area contributed by atoms with Gasteiger partial charge < -0.3 is 23.7 Å². The summed E-state index contributed by atoms with van der Waals surface area (Å²) >= 11 is 0. The zero-order valence-electron chi connectivity index (χ0n) is 18.5. The second-order valence-electron chi connectivity index (χ2n) is 6.61. The van der Waals surface area contributed by atoms with Crippen molar-refractivity contribution in [1.29, 1.82) is 0 Å². The van der Waals surface area contributed by atoms with Crippen molar-refractivity contribution in [3.05, 3.63) is 53.6 Å². The average Bonchev–Trinajstić information content (AvgIpc) is 2.82. The Labute approximate surface area is 186 Å². The second-order valence-corrected chi connectivity index (χ2v) is 6.61. The molecule has 0 aromatic heterocycles. The molecule has 2 aromatic carbocycles. The van der Waals surface area contributed by atoms with E-state index in [4.69, 9.17) is 23.7 Å². The zero-order valence-corrected chi connectivity index (χ0v) is 18.5. The number of benzene rings is 2. The fourth-order valence-corrected chi connectivity index (χ4v) is 2.92. The van der Waals surface area contributed by atoms with Crippen LogP contribution in [0, 0.1) is 5.92 Å². The summed E-state index contributed by atoms with van der Waals surface area (Å²) in [7, 11) is 3.97. The molecule has 2 aromatic rings. The molecule has 0 aliphatic carbocycles. The van der Waals surface area contributed by atoms with Crippen molar-refractivity contribution in [2.45, 2.75) is 20.0 Å². The first-order chi connectivity index (χ1) is 15.4. The fourth-order valence-electron chi connectivity index (χ4n) is 2.92. The highest BCUT2D eigenvalue weighted by molar-refractivity contribution is 5.95. The molecule has 1 amide bonds. The molecular weight excluding hydrogens is 418 g/mol. The molecule has 0 saturated carbocycles. The van der Waals surface area contributed by atoms with Gasteiger partial charge in [0.25, 0.3) is 0 Å². The molecule has 9 heteroatoms. The molecule has 0 aliphatic rings. The molecule has 0 aliphatic heterocycles. The number of methoxy groups -OCH3 is 3. The van der Waals surface area contributed by atoms with Crippen LogP contribution >= 0.6 is 0 Å². The van der Waals surface area contributed by atoms with Crippen molar-refractivity contribution < 1.29 is 38.1 Å². The minimum atomic E-state index is -1.10. The highest BCUT2D eigenvalue weighted by atomic mass is 16.6. The van der Waals surface area contributed by atoms with E-state index in [0.717, 1.165) is 0 Å². The van der Waals surface area contributed by atoms with Crippen LogP contribution in [0.5, 0.6) is 11.5 Å². The molecule has 0 unspecified atom stereocenters. The number of carbonyl (C=O) groups is 3. The molecule has 0 saturated heterocycles. The maximum absolute atomic E-state index is 12.2. The zero-order chi connectivity index (χ0) is 23.5. The van der Waals surface area contributed by atoms with Crippen LogP contribution in [0.1, 0.15) is 18.1 Å². The van der Waals surface area contributed by atoms with Gasteiger partial charge in [-0.15, -0.1) is 0 Å². The monoisotopic (exact) mass is 445 g/mol. The van der Waals surface area contributed by atoms with Gasteiger partial charge in [0, 0.05) is 11.3 Å². The largest absolute Gasteiger partial charge is 0.497 e. The first kappa shape index (κ1) is 24.5. The Bertz CT molecular complexity index is 910. The SMILES string of the molecule is CCOc1ccc(CC(C(=O)OC)C(=O)OC)cc1COC(=O)Nc1ccc(OC)cc1. The van der Waals surface area contributed by atoms with Crippen molar-refractivity contribution in [2.75, 3.05) is 33.3 Å². The summed E-state index contributed by atoms with van der Waals surface area (Å²) in [6.07, 6.45) is -0.582. The lowest BCUT2D eigenvalue weighted by Crippen LogP contribution is -2.28. The minimum Gasteiger partial charge on any atom is -0.497 e. The van der Waals surface area contributed by atoms with Crippen LogP contribution in [0.15, 0.2) is 42.5 Å². The van der Waals surface area contributed by atoms with E-state index in [0.29, 0.717) is 34.9 Å². The topological polar surface area (TPSA) is 109 Å². The summed E-state index contributed by atoms with van der Waals surface area (Å²) in [6.45, 7) is 2.17. The van der Waals surface area contributed by atoms with Crippen LogP contribution in [0.4, 0.5) is 10.5 Å². The summed E-state index contributed by atoms with van der Waals surface area (Å²) in [5.74, 6) is -1.29. The lowest BCUT2D eigenvalue weighted by molar-refractivity contribution is -0.158. The van der Waals surface area contributed by atoms with Gasteiger partial charge in [0.15, 0.2) is 5.92 Å². The molecule has 32 heavy (non-hydrogen) atoms. The summed E-state index contributed by atoms with van der Waals surface area (Å²) < 4.78 is 25.4. The summed E-state index contributed by atoms with van der Waals surface area (Å²) in [5.41, 5.74) is 1.79. The van der Waals surface area contributed by atoms with E-state index in [1.165, 1.54) is 14.2 Å². The third kappa shape index (κ3) is 6.90. The predicted octanol–water partition coefficient (Wildman–Crippen LogP) is 3.35. The Hall–Kier alpha value is -3.75. The number of amides is 1. The van der Waals surface area contributed by atoms with E-state index in [9.17, 15) is 14.4 Å². The molecule has 172 valence electrons. The van der Waals surface area contributed by atoms with E-state index >= 15 is 0 Å². The smallest absolute Gasteiger partial charge is 0.411 e. The Morgan fingerprint density at radius 2 is 1.59 bits per heavy atom. The third-order valence-corrected chi connectivity index (χ3v) is 4.53. The van der Waals surface area contributed by atoms with Gasteiger partial charge >= 0.3 is 18.0 Å². The van der Waals surface area contributed by atoms with Crippen molar-refractivity contribution in [2.24, 2.45) is 5.92 Å². The number of ether oxygens (including phenoxy) is 5. The fraction of sp³-hybridized carbons (Fsp3) is 0.348. The Morgan fingerprint density at radius 1 is 0.938 bits per heavy atom. The van der Waals surface area contributed by atoms with Crippen LogP contribution in [0.2, 0.25) is 0 Å². The van der Waals surface area contributed by atoms with Gasteiger partial charge in [-0.3, -0.25) is 14.9 Å². The minimum absolute atomic E-state index is 0.0663. The van der Waals surface area contributed by atoms with E-state index < -0.39 is 23.9 Å². The van der Waals surface area contributed by atoms with Gasteiger partial charge in [0.2, 0.25) is 0 Å². The molecule has 1 N–H and O–H groups in total. The molecule has 9 nitrogen and oxygen atoms in total. The number of esters is 2. The molecule has 2 rings (SSSR count). The number of nitrogens with one attached hydrogen (secondary N) is 1. The number of hydrogen-bond donors (Lipinski definition) is 1. The average molecular weight is 445 g/mol. The van der Waals surface area contributed by atoms with Gasteiger partial charge in [0.1, 0.15) is 18.1 Å². The van der Waals surface area contributed by atoms with E-state index in [1.54, 1.807) is 49.6 Å². The Morgan fingerprint density at radius 3 is 2.16 bits per heavy atom. The summed E-state index contributed by atoms with van der Waals surface area (Å²) in [4.78, 5) is 36.1. The number of hydrogen-bond acceptors (Lipinski definition) is 8. The number of rotatable bonds is 10. The van der Waals surface area contributed by atoms with Gasteiger partial charge in [-0.2, -0.15) is 0 Å². The van der Waals surface area contributed by atoms with Crippen LogP contribution in [0.3, 0.4) is 0 Å². The highest BCUT2D eigenvalue weighted by Crippen LogP contribution is 2.24. The lowest BCUT2D eigenvalue weighted by atomic mass is 9.97. The van der Waals surface area contributed by atoms with Crippen molar-refractivity contribution in [3.8, 4) is 11.5 Å². The second kappa shape index (κ2) is 12.2. The molecule has 0 atom stereocenters. The van der Waals surface area contributed by atoms with Gasteiger partial charge in [-0.25, -0.2) is 4.79 Å². The quantitative estimate of drug-likeness (QED) is 0.337. The van der Waals surface area contributed by atoms with Crippen molar-refractivity contribution in [3.63, 3.8) is 0 Å². The van der Waals surface area contributed by atoms with E-state index in [1.807, 2.05) is 6.92 Å². The standard InChI is InChI=1S/C23H27NO8/c1-5-31-20-11-6-15(13-19(21(25)29-3)22(26)30-4)12-16(20)14-32-23(27)24-17-7-9-18(28-2)10-8-17/h6-12,19H,5,13-14H2,1-4H3,(H,24,27). The van der Waals surface area contributed by atoms with Gasteiger partial charge in [-0.05, 0) is 55.3 Å². The summed E-state index contributed by atoms with van der Waals surface area (Å²) in [5, 5.41) is 2.63. The molecular formula is C23H27NO8. The Balaban J connectivity index is 2.11. The molecule has 0 spiro atoms. The van der Waals surface area contributed by atoms with Gasteiger partial charge in [-0.1, -0.05) is 6.07 Å². The molecule has 0 heterocycles.